The van der Waals surface area contributed by atoms with Crippen molar-refractivity contribution in [2.75, 3.05) is 0 Å². The van der Waals surface area contributed by atoms with Crippen LogP contribution in [0.3, 0.4) is 0 Å². The van der Waals surface area contributed by atoms with Crippen molar-refractivity contribution in [1.29, 1.82) is 0 Å². The highest BCUT2D eigenvalue weighted by Gasteiger charge is 2.61. The van der Waals surface area contributed by atoms with Gasteiger partial charge in [0.15, 0.2) is 0 Å². The van der Waals surface area contributed by atoms with Crippen molar-refractivity contribution in [3.8, 4) is 0 Å². The van der Waals surface area contributed by atoms with Gasteiger partial charge < -0.3 is 4.74 Å². The molecular formula is C14H14O2S. The van der Waals surface area contributed by atoms with Crippen LogP contribution in [0.15, 0.2) is 35.2 Å². The summed E-state index contributed by atoms with van der Waals surface area (Å²) in [5.74, 6) is 1.51. The molecule has 17 heavy (non-hydrogen) atoms. The lowest BCUT2D eigenvalue weighted by molar-refractivity contribution is -0.143. The molecule has 1 aromatic rings. The smallest absolute Gasteiger partial charge is 0.309 e. The van der Waals surface area contributed by atoms with Gasteiger partial charge in [0.1, 0.15) is 6.10 Å². The molecule has 2 nitrogen and oxygen atoms in total. The Balaban J connectivity index is 1.59. The van der Waals surface area contributed by atoms with Gasteiger partial charge in [-0.1, -0.05) is 18.2 Å². The van der Waals surface area contributed by atoms with Crippen LogP contribution in [0.4, 0.5) is 0 Å². The topological polar surface area (TPSA) is 26.3 Å². The van der Waals surface area contributed by atoms with Gasteiger partial charge in [0.2, 0.25) is 0 Å². The first kappa shape index (κ1) is 10.0. The zero-order valence-corrected chi connectivity index (χ0v) is 10.2. The molecule has 0 N–H and O–H groups in total. The van der Waals surface area contributed by atoms with Gasteiger partial charge in [0, 0.05) is 16.1 Å². The van der Waals surface area contributed by atoms with Crippen molar-refractivity contribution in [3.05, 3.63) is 30.3 Å². The maximum absolute atomic E-state index is 11.7. The molecule has 88 valence electrons. The molecule has 0 amide bonds. The minimum Gasteiger partial charge on any atom is -0.461 e. The zero-order chi connectivity index (χ0) is 11.4. The van der Waals surface area contributed by atoms with Gasteiger partial charge >= 0.3 is 5.97 Å². The van der Waals surface area contributed by atoms with Gasteiger partial charge in [-0.2, -0.15) is 0 Å². The number of esters is 1. The van der Waals surface area contributed by atoms with E-state index in [0.717, 1.165) is 6.42 Å². The van der Waals surface area contributed by atoms with Crippen LogP contribution >= 0.6 is 11.8 Å². The molecule has 3 aliphatic rings. The lowest BCUT2D eigenvalue weighted by Crippen LogP contribution is -2.29. The lowest BCUT2D eigenvalue weighted by atomic mass is 9.89. The first-order valence-corrected chi connectivity index (χ1v) is 7.13. The Morgan fingerprint density at radius 1 is 1.18 bits per heavy atom. The molecule has 0 aromatic heterocycles. The van der Waals surface area contributed by atoms with Gasteiger partial charge in [0.25, 0.3) is 0 Å². The second kappa shape index (κ2) is 3.52. The summed E-state index contributed by atoms with van der Waals surface area (Å²) in [5, 5.41) is 0.491. The van der Waals surface area contributed by atoms with E-state index in [2.05, 4.69) is 24.3 Å². The number of carbonyl (C=O) groups excluding carboxylic acids is 1. The fourth-order valence-corrected chi connectivity index (χ4v) is 5.16. The van der Waals surface area contributed by atoms with E-state index in [1.54, 1.807) is 0 Å². The average Bonchev–Trinajstić information content (AvgIpc) is 2.95. The van der Waals surface area contributed by atoms with Crippen LogP contribution in [0.25, 0.3) is 0 Å². The summed E-state index contributed by atoms with van der Waals surface area (Å²) in [4.78, 5) is 13.0. The van der Waals surface area contributed by atoms with Crippen LogP contribution in [0.5, 0.6) is 0 Å². The Hall–Kier alpha value is -0.960. The van der Waals surface area contributed by atoms with Crippen molar-refractivity contribution in [2.45, 2.75) is 29.1 Å². The summed E-state index contributed by atoms with van der Waals surface area (Å²) < 4.78 is 5.56. The number of hydrogen-bond acceptors (Lipinski definition) is 3. The number of carbonyl (C=O) groups is 1. The van der Waals surface area contributed by atoms with E-state index in [-0.39, 0.29) is 18.0 Å². The fourth-order valence-electron chi connectivity index (χ4n) is 3.72. The molecule has 0 unspecified atom stereocenters. The van der Waals surface area contributed by atoms with Gasteiger partial charge in [-0.25, -0.2) is 0 Å². The standard InChI is InChI=1S/C14H14O2S/c15-14-11-7-8-6-10(11)12(16-14)13(8)17-9-4-2-1-3-5-9/h1-5,8,10-13H,6-7H2/t8-,10-,11-,12+,13-/m0/s1. The highest BCUT2D eigenvalue weighted by molar-refractivity contribution is 8.00. The second-order valence-electron chi connectivity index (χ2n) is 5.30. The number of benzene rings is 1. The molecular weight excluding hydrogens is 232 g/mol. The third-order valence-corrected chi connectivity index (χ3v) is 5.90. The molecule has 2 aliphatic carbocycles. The molecule has 1 saturated heterocycles. The maximum Gasteiger partial charge on any atom is 0.309 e. The van der Waals surface area contributed by atoms with Crippen LogP contribution < -0.4 is 0 Å². The monoisotopic (exact) mass is 246 g/mol. The lowest BCUT2D eigenvalue weighted by Gasteiger charge is -2.24. The quantitative estimate of drug-likeness (QED) is 0.751. The highest BCUT2D eigenvalue weighted by atomic mass is 32.2. The van der Waals surface area contributed by atoms with E-state index in [1.807, 2.05) is 17.8 Å². The summed E-state index contributed by atoms with van der Waals surface area (Å²) >= 11 is 1.90. The molecule has 3 heteroatoms. The normalized spacial score (nSPS) is 41.9. The SMILES string of the molecule is O=C1O[C@@H]2[C@H]3C[C@@H](C[C@H]13)[C@@H]2Sc1ccccc1. The zero-order valence-electron chi connectivity index (χ0n) is 9.41. The summed E-state index contributed by atoms with van der Waals surface area (Å²) in [6.07, 6.45) is 2.45. The average molecular weight is 246 g/mol. The van der Waals surface area contributed by atoms with E-state index in [4.69, 9.17) is 4.74 Å². The number of rotatable bonds is 2. The molecule has 1 heterocycles. The van der Waals surface area contributed by atoms with Crippen LogP contribution in [0, 0.1) is 17.8 Å². The molecule has 0 spiro atoms. The van der Waals surface area contributed by atoms with Gasteiger partial charge in [0.05, 0.1) is 5.92 Å². The number of ether oxygens (including phenoxy) is 1. The molecule has 3 fully saturated rings. The van der Waals surface area contributed by atoms with E-state index >= 15 is 0 Å². The summed E-state index contributed by atoms with van der Waals surface area (Å²) in [6.45, 7) is 0. The molecule has 4 rings (SSSR count). The summed E-state index contributed by atoms with van der Waals surface area (Å²) in [6, 6.07) is 10.5. The third kappa shape index (κ3) is 1.38. The van der Waals surface area contributed by atoms with E-state index in [1.165, 1.54) is 11.3 Å². The Morgan fingerprint density at radius 3 is 2.82 bits per heavy atom. The van der Waals surface area contributed by atoms with Gasteiger partial charge in [-0.3, -0.25) is 4.79 Å². The molecule has 0 radical (unpaired) electrons. The molecule has 1 aliphatic heterocycles. The van der Waals surface area contributed by atoms with Crippen molar-refractivity contribution >= 4 is 17.7 Å². The number of hydrogen-bond donors (Lipinski definition) is 0. The Morgan fingerprint density at radius 2 is 2.00 bits per heavy atom. The Labute approximate surface area is 105 Å². The highest BCUT2D eigenvalue weighted by Crippen LogP contribution is 2.58. The third-order valence-electron chi connectivity index (χ3n) is 4.43. The fraction of sp³-hybridized carbons (Fsp3) is 0.500. The van der Waals surface area contributed by atoms with Crippen LogP contribution in [-0.2, 0) is 9.53 Å². The second-order valence-corrected chi connectivity index (χ2v) is 6.55. The summed E-state index contributed by atoms with van der Waals surface area (Å²) in [5.41, 5.74) is 0. The van der Waals surface area contributed by atoms with E-state index in [0.29, 0.717) is 17.1 Å². The van der Waals surface area contributed by atoms with E-state index < -0.39 is 0 Å². The maximum atomic E-state index is 11.7. The first-order valence-electron chi connectivity index (χ1n) is 6.25. The van der Waals surface area contributed by atoms with Gasteiger partial charge in [-0.05, 0) is 30.9 Å². The van der Waals surface area contributed by atoms with Crippen molar-refractivity contribution in [2.24, 2.45) is 17.8 Å². The largest absolute Gasteiger partial charge is 0.461 e. The Kier molecular flexibility index (Phi) is 2.07. The van der Waals surface area contributed by atoms with Crippen LogP contribution in [0.2, 0.25) is 0 Å². The van der Waals surface area contributed by atoms with Crippen molar-refractivity contribution in [3.63, 3.8) is 0 Å². The number of thioether (sulfide) groups is 1. The first-order chi connectivity index (χ1) is 8.33. The molecule has 1 aromatic carbocycles. The van der Waals surface area contributed by atoms with E-state index in [9.17, 15) is 4.79 Å². The molecule has 2 saturated carbocycles. The molecule has 2 bridgehead atoms. The minimum absolute atomic E-state index is 0.0682. The van der Waals surface area contributed by atoms with Crippen LogP contribution in [-0.4, -0.2) is 17.3 Å². The Bertz CT molecular complexity index is 459. The molecule has 5 atom stereocenters. The van der Waals surface area contributed by atoms with Gasteiger partial charge in [-0.15, -0.1) is 11.8 Å². The van der Waals surface area contributed by atoms with Crippen molar-refractivity contribution < 1.29 is 9.53 Å². The number of fused-ring (bicyclic) bond motifs is 1. The van der Waals surface area contributed by atoms with Crippen molar-refractivity contribution in [1.82, 2.24) is 0 Å². The predicted octanol–water partition coefficient (Wildman–Crippen LogP) is 2.73. The predicted molar refractivity (Wildman–Crippen MR) is 65.7 cm³/mol. The van der Waals surface area contributed by atoms with Crippen LogP contribution in [0.1, 0.15) is 12.8 Å². The minimum atomic E-state index is 0.0682. The summed E-state index contributed by atoms with van der Waals surface area (Å²) in [7, 11) is 0.